The van der Waals surface area contributed by atoms with E-state index in [2.05, 4.69) is 4.72 Å². The number of thiophene rings is 1. The van der Waals surface area contributed by atoms with E-state index in [4.69, 9.17) is 0 Å². The molecule has 0 fully saturated rings. The molecule has 21 heavy (non-hydrogen) atoms. The lowest BCUT2D eigenvalue weighted by Crippen LogP contribution is -2.26. The summed E-state index contributed by atoms with van der Waals surface area (Å²) in [5.41, 5.74) is 0.387. The van der Waals surface area contributed by atoms with Crippen molar-refractivity contribution in [2.24, 2.45) is 0 Å². The SMILES string of the molecule is CC(=O)c1cccc(S(=O)(=O)NC(C)c2ccc(C)s2)c1. The van der Waals surface area contributed by atoms with Crippen molar-refractivity contribution in [1.82, 2.24) is 4.72 Å². The molecule has 6 heteroatoms. The number of rotatable bonds is 5. The Kier molecular flexibility index (Phi) is 4.61. The van der Waals surface area contributed by atoms with Crippen LogP contribution in [-0.4, -0.2) is 14.2 Å². The predicted octanol–water partition coefficient (Wildman–Crippen LogP) is 3.30. The lowest BCUT2D eigenvalue weighted by Gasteiger charge is -2.13. The maximum atomic E-state index is 12.4. The first kappa shape index (κ1) is 15.9. The molecule has 0 bridgehead atoms. The van der Waals surface area contributed by atoms with Crippen molar-refractivity contribution in [2.45, 2.75) is 31.7 Å². The average molecular weight is 323 g/mol. The minimum absolute atomic E-state index is 0.107. The van der Waals surface area contributed by atoms with Crippen LogP contribution in [0.2, 0.25) is 0 Å². The lowest BCUT2D eigenvalue weighted by molar-refractivity contribution is 0.101. The first-order valence-corrected chi connectivity index (χ1v) is 8.79. The highest BCUT2D eigenvalue weighted by atomic mass is 32.2. The Morgan fingerprint density at radius 1 is 1.24 bits per heavy atom. The van der Waals surface area contributed by atoms with E-state index in [1.807, 2.05) is 19.1 Å². The molecule has 0 spiro atoms. The van der Waals surface area contributed by atoms with Crippen LogP contribution in [0, 0.1) is 6.92 Å². The molecule has 1 heterocycles. The molecule has 1 aromatic heterocycles. The van der Waals surface area contributed by atoms with E-state index < -0.39 is 10.0 Å². The molecule has 1 aromatic carbocycles. The summed E-state index contributed by atoms with van der Waals surface area (Å²) in [5.74, 6) is -0.158. The van der Waals surface area contributed by atoms with Crippen LogP contribution in [0.25, 0.3) is 0 Å². The van der Waals surface area contributed by atoms with Crippen molar-refractivity contribution >= 4 is 27.1 Å². The molecular formula is C15H17NO3S2. The van der Waals surface area contributed by atoms with Gasteiger partial charge in [-0.05, 0) is 45.0 Å². The summed E-state index contributed by atoms with van der Waals surface area (Å²) in [4.78, 5) is 13.6. The average Bonchev–Trinajstić information content (AvgIpc) is 2.85. The van der Waals surface area contributed by atoms with Crippen LogP contribution in [0.3, 0.4) is 0 Å². The largest absolute Gasteiger partial charge is 0.295 e. The van der Waals surface area contributed by atoms with Gasteiger partial charge in [0.25, 0.3) is 0 Å². The quantitative estimate of drug-likeness (QED) is 0.859. The van der Waals surface area contributed by atoms with Crippen molar-refractivity contribution in [3.63, 3.8) is 0 Å². The standard InChI is InChI=1S/C15H17NO3S2/c1-10-7-8-15(20-10)11(2)16-21(18,19)14-6-4-5-13(9-14)12(3)17/h4-9,11,16H,1-3H3. The molecule has 0 amide bonds. The van der Waals surface area contributed by atoms with Crippen LogP contribution in [0.4, 0.5) is 0 Å². The van der Waals surface area contributed by atoms with Gasteiger partial charge in [-0.15, -0.1) is 11.3 Å². The van der Waals surface area contributed by atoms with E-state index in [1.54, 1.807) is 30.4 Å². The lowest BCUT2D eigenvalue weighted by atomic mass is 10.2. The number of aryl methyl sites for hydroxylation is 1. The van der Waals surface area contributed by atoms with Crippen LogP contribution in [0.5, 0.6) is 0 Å². The van der Waals surface area contributed by atoms with Gasteiger partial charge in [-0.3, -0.25) is 4.79 Å². The summed E-state index contributed by atoms with van der Waals surface area (Å²) in [6.07, 6.45) is 0. The molecule has 4 nitrogen and oxygen atoms in total. The molecule has 112 valence electrons. The van der Waals surface area contributed by atoms with Gasteiger partial charge >= 0.3 is 0 Å². The summed E-state index contributed by atoms with van der Waals surface area (Å²) in [7, 11) is -3.65. The van der Waals surface area contributed by atoms with Crippen LogP contribution in [0.15, 0.2) is 41.3 Å². The van der Waals surface area contributed by atoms with Crippen molar-refractivity contribution in [2.75, 3.05) is 0 Å². The highest BCUT2D eigenvalue weighted by molar-refractivity contribution is 7.89. The zero-order valence-corrected chi connectivity index (χ0v) is 13.7. The van der Waals surface area contributed by atoms with Crippen LogP contribution in [-0.2, 0) is 10.0 Å². The number of Topliss-reactive ketones (excluding diaryl/α,β-unsaturated/α-hetero) is 1. The molecular weight excluding hydrogens is 306 g/mol. The number of benzene rings is 1. The fourth-order valence-corrected chi connectivity index (χ4v) is 4.15. The Hall–Kier alpha value is -1.50. The first-order chi connectivity index (χ1) is 9.79. The van der Waals surface area contributed by atoms with Gasteiger partial charge in [0.15, 0.2) is 5.78 Å². The van der Waals surface area contributed by atoms with Gasteiger partial charge in [0.1, 0.15) is 0 Å². The Labute approximate surface area is 128 Å². The van der Waals surface area contributed by atoms with E-state index in [0.717, 1.165) is 9.75 Å². The van der Waals surface area contributed by atoms with Crippen molar-refractivity contribution in [3.05, 3.63) is 51.7 Å². The van der Waals surface area contributed by atoms with E-state index in [9.17, 15) is 13.2 Å². The van der Waals surface area contributed by atoms with Gasteiger partial charge in [0.2, 0.25) is 10.0 Å². The molecule has 0 aliphatic carbocycles. The van der Waals surface area contributed by atoms with Gasteiger partial charge in [0, 0.05) is 15.3 Å². The van der Waals surface area contributed by atoms with Gasteiger partial charge in [-0.1, -0.05) is 12.1 Å². The van der Waals surface area contributed by atoms with Crippen molar-refractivity contribution in [3.8, 4) is 0 Å². The molecule has 0 saturated carbocycles. The van der Waals surface area contributed by atoms with Gasteiger partial charge < -0.3 is 0 Å². The van der Waals surface area contributed by atoms with Gasteiger partial charge in [0.05, 0.1) is 10.9 Å². The third-order valence-corrected chi connectivity index (χ3v) is 5.79. The smallest absolute Gasteiger partial charge is 0.241 e. The Bertz CT molecular complexity index is 763. The Morgan fingerprint density at radius 3 is 2.52 bits per heavy atom. The fraction of sp³-hybridized carbons (Fsp3) is 0.267. The molecule has 2 rings (SSSR count). The molecule has 1 atom stereocenters. The third-order valence-electron chi connectivity index (χ3n) is 3.07. The van der Waals surface area contributed by atoms with Crippen molar-refractivity contribution in [1.29, 1.82) is 0 Å². The second-order valence-corrected chi connectivity index (χ2v) is 7.91. The maximum absolute atomic E-state index is 12.4. The van der Waals surface area contributed by atoms with E-state index in [1.165, 1.54) is 19.1 Å². The van der Waals surface area contributed by atoms with Crippen molar-refractivity contribution < 1.29 is 13.2 Å². The molecule has 0 radical (unpaired) electrons. The molecule has 1 unspecified atom stereocenters. The highest BCUT2D eigenvalue weighted by Crippen LogP contribution is 2.24. The van der Waals surface area contributed by atoms with E-state index in [-0.39, 0.29) is 16.7 Å². The van der Waals surface area contributed by atoms with E-state index >= 15 is 0 Å². The number of carbonyl (C=O) groups excluding carboxylic acids is 1. The molecule has 0 saturated heterocycles. The molecule has 0 aliphatic heterocycles. The highest BCUT2D eigenvalue weighted by Gasteiger charge is 2.20. The summed E-state index contributed by atoms with van der Waals surface area (Å²) in [6.45, 7) is 5.19. The summed E-state index contributed by atoms with van der Waals surface area (Å²) in [5, 5.41) is 0. The third kappa shape index (κ3) is 3.78. The molecule has 1 N–H and O–H groups in total. The maximum Gasteiger partial charge on any atom is 0.241 e. The number of ketones is 1. The number of carbonyl (C=O) groups is 1. The molecule has 2 aromatic rings. The number of sulfonamides is 1. The monoisotopic (exact) mass is 323 g/mol. The van der Waals surface area contributed by atoms with Gasteiger partial charge in [-0.2, -0.15) is 0 Å². The second-order valence-electron chi connectivity index (χ2n) is 4.88. The van der Waals surface area contributed by atoms with Crippen LogP contribution in [0.1, 0.15) is 40.0 Å². The summed E-state index contributed by atoms with van der Waals surface area (Å²) in [6, 6.07) is 9.63. The zero-order valence-electron chi connectivity index (χ0n) is 12.1. The van der Waals surface area contributed by atoms with Gasteiger partial charge in [-0.25, -0.2) is 13.1 Å². The van der Waals surface area contributed by atoms with Crippen LogP contribution >= 0.6 is 11.3 Å². The Balaban J connectivity index is 2.26. The number of nitrogens with one attached hydrogen (secondary N) is 1. The number of hydrogen-bond acceptors (Lipinski definition) is 4. The topological polar surface area (TPSA) is 63.2 Å². The normalized spacial score (nSPS) is 13.1. The zero-order chi connectivity index (χ0) is 15.6. The Morgan fingerprint density at radius 2 is 1.95 bits per heavy atom. The summed E-state index contributed by atoms with van der Waals surface area (Å²) >= 11 is 1.56. The van der Waals surface area contributed by atoms with Crippen LogP contribution < -0.4 is 4.72 Å². The number of hydrogen-bond donors (Lipinski definition) is 1. The minimum atomic E-state index is -3.65. The molecule has 0 aliphatic rings. The minimum Gasteiger partial charge on any atom is -0.295 e. The first-order valence-electron chi connectivity index (χ1n) is 6.49. The summed E-state index contributed by atoms with van der Waals surface area (Å²) < 4.78 is 27.4. The fourth-order valence-electron chi connectivity index (χ4n) is 1.93. The van der Waals surface area contributed by atoms with E-state index in [0.29, 0.717) is 5.56 Å². The second kappa shape index (κ2) is 6.09. The predicted molar refractivity (Wildman–Crippen MR) is 84.2 cm³/mol.